The fraction of sp³-hybridized carbons (Fsp3) is 0.929. The third kappa shape index (κ3) is 3.39. The van der Waals surface area contributed by atoms with Gasteiger partial charge in [-0.3, -0.25) is 4.79 Å². The first-order valence-electron chi connectivity index (χ1n) is 7.25. The maximum Gasteiger partial charge on any atom is 0.226 e. The molecule has 1 amide bonds. The highest BCUT2D eigenvalue weighted by Gasteiger charge is 2.35. The van der Waals surface area contributed by atoms with Gasteiger partial charge in [-0.2, -0.15) is 0 Å². The highest BCUT2D eigenvalue weighted by atomic mass is 35.5. The SMILES string of the molecule is CCC1CCCN(C(=O)[C@@H]2CCC[C@@H]2CN)C1.Cl. The Morgan fingerprint density at radius 1 is 1.28 bits per heavy atom. The molecule has 1 saturated carbocycles. The lowest BCUT2D eigenvalue weighted by molar-refractivity contribution is -0.138. The van der Waals surface area contributed by atoms with Gasteiger partial charge < -0.3 is 10.6 Å². The maximum absolute atomic E-state index is 12.5. The molecule has 0 aromatic heterocycles. The van der Waals surface area contributed by atoms with Crippen molar-refractivity contribution < 1.29 is 4.79 Å². The van der Waals surface area contributed by atoms with Crippen LogP contribution in [0.2, 0.25) is 0 Å². The Balaban J connectivity index is 0.00000162. The molecule has 1 aliphatic heterocycles. The molecular formula is C14H27ClN2O. The summed E-state index contributed by atoms with van der Waals surface area (Å²) >= 11 is 0. The van der Waals surface area contributed by atoms with Gasteiger partial charge in [0.2, 0.25) is 5.91 Å². The smallest absolute Gasteiger partial charge is 0.226 e. The van der Waals surface area contributed by atoms with Crippen LogP contribution in [0.3, 0.4) is 0 Å². The van der Waals surface area contributed by atoms with Gasteiger partial charge in [-0.15, -0.1) is 12.4 Å². The van der Waals surface area contributed by atoms with E-state index in [4.69, 9.17) is 5.73 Å². The van der Waals surface area contributed by atoms with Crippen molar-refractivity contribution in [1.29, 1.82) is 0 Å². The number of piperidine rings is 1. The highest BCUT2D eigenvalue weighted by Crippen LogP contribution is 2.33. The number of hydrogen-bond donors (Lipinski definition) is 1. The minimum Gasteiger partial charge on any atom is -0.342 e. The van der Waals surface area contributed by atoms with Gasteiger partial charge >= 0.3 is 0 Å². The molecule has 2 aliphatic rings. The second-order valence-corrected chi connectivity index (χ2v) is 5.73. The monoisotopic (exact) mass is 274 g/mol. The lowest BCUT2D eigenvalue weighted by atomic mass is 9.91. The lowest BCUT2D eigenvalue weighted by Gasteiger charge is -2.35. The molecule has 0 bridgehead atoms. The van der Waals surface area contributed by atoms with Crippen LogP contribution in [0.25, 0.3) is 0 Å². The summed E-state index contributed by atoms with van der Waals surface area (Å²) in [6.45, 7) is 4.88. The predicted octanol–water partition coefficient (Wildman–Crippen LogP) is 2.43. The van der Waals surface area contributed by atoms with E-state index < -0.39 is 0 Å². The topological polar surface area (TPSA) is 46.3 Å². The fourth-order valence-electron chi connectivity index (χ4n) is 3.48. The molecule has 2 N–H and O–H groups in total. The Kier molecular flexibility index (Phi) is 6.44. The van der Waals surface area contributed by atoms with E-state index in [1.54, 1.807) is 0 Å². The molecular weight excluding hydrogens is 248 g/mol. The molecule has 0 radical (unpaired) electrons. The average molecular weight is 275 g/mol. The van der Waals surface area contributed by atoms with Crippen molar-refractivity contribution in [2.75, 3.05) is 19.6 Å². The first kappa shape index (κ1) is 15.8. The number of rotatable bonds is 3. The van der Waals surface area contributed by atoms with E-state index >= 15 is 0 Å². The Morgan fingerprint density at radius 3 is 2.72 bits per heavy atom. The normalized spacial score (nSPS) is 32.1. The second-order valence-electron chi connectivity index (χ2n) is 5.73. The molecule has 2 rings (SSSR count). The molecule has 1 aliphatic carbocycles. The number of carbonyl (C=O) groups is 1. The van der Waals surface area contributed by atoms with Gasteiger partial charge in [-0.25, -0.2) is 0 Å². The zero-order chi connectivity index (χ0) is 12.3. The third-order valence-electron chi connectivity index (χ3n) is 4.69. The quantitative estimate of drug-likeness (QED) is 0.859. The van der Waals surface area contributed by atoms with E-state index in [1.807, 2.05) is 0 Å². The van der Waals surface area contributed by atoms with Crippen LogP contribution in [-0.2, 0) is 4.79 Å². The first-order valence-corrected chi connectivity index (χ1v) is 7.25. The minimum atomic E-state index is 0. The van der Waals surface area contributed by atoms with Crippen LogP contribution in [0.1, 0.15) is 45.4 Å². The summed E-state index contributed by atoms with van der Waals surface area (Å²) in [4.78, 5) is 14.6. The van der Waals surface area contributed by atoms with Crippen LogP contribution in [-0.4, -0.2) is 30.4 Å². The molecule has 1 unspecified atom stereocenters. The van der Waals surface area contributed by atoms with Crippen LogP contribution >= 0.6 is 12.4 Å². The van der Waals surface area contributed by atoms with Gasteiger partial charge in [0.05, 0.1) is 0 Å². The van der Waals surface area contributed by atoms with Gasteiger partial charge in [0, 0.05) is 19.0 Å². The van der Waals surface area contributed by atoms with Crippen molar-refractivity contribution in [3.63, 3.8) is 0 Å². The number of hydrogen-bond acceptors (Lipinski definition) is 2. The van der Waals surface area contributed by atoms with Gasteiger partial charge in [-0.1, -0.05) is 19.8 Å². The summed E-state index contributed by atoms with van der Waals surface area (Å²) in [5, 5.41) is 0. The van der Waals surface area contributed by atoms with Crippen molar-refractivity contribution >= 4 is 18.3 Å². The number of halogens is 1. The summed E-state index contributed by atoms with van der Waals surface area (Å²) in [6.07, 6.45) is 7.08. The Labute approximate surface area is 117 Å². The molecule has 4 heteroatoms. The Morgan fingerprint density at radius 2 is 2.06 bits per heavy atom. The molecule has 2 fully saturated rings. The highest BCUT2D eigenvalue weighted by molar-refractivity contribution is 5.85. The molecule has 18 heavy (non-hydrogen) atoms. The lowest BCUT2D eigenvalue weighted by Crippen LogP contribution is -2.44. The van der Waals surface area contributed by atoms with E-state index in [-0.39, 0.29) is 18.3 Å². The molecule has 3 nitrogen and oxygen atoms in total. The molecule has 0 aromatic carbocycles. The standard InChI is InChI=1S/C14H26N2O.ClH/c1-2-11-5-4-8-16(10-11)14(17)13-7-3-6-12(13)9-15;/h11-13H,2-10,15H2,1H3;1H/t11?,12-,13-;/m1./s1. The van der Waals surface area contributed by atoms with Gasteiger partial charge in [0.25, 0.3) is 0 Å². The third-order valence-corrected chi connectivity index (χ3v) is 4.69. The van der Waals surface area contributed by atoms with E-state index in [0.717, 1.165) is 31.8 Å². The Bertz CT molecular complexity index is 273. The van der Waals surface area contributed by atoms with E-state index in [2.05, 4.69) is 11.8 Å². The zero-order valence-corrected chi connectivity index (χ0v) is 12.3. The maximum atomic E-state index is 12.5. The fourth-order valence-corrected chi connectivity index (χ4v) is 3.48. The number of likely N-dealkylation sites (tertiary alicyclic amines) is 1. The van der Waals surface area contributed by atoms with Gasteiger partial charge in [-0.05, 0) is 44.1 Å². The number of carbonyl (C=O) groups excluding carboxylic acids is 1. The minimum absolute atomic E-state index is 0. The summed E-state index contributed by atoms with van der Waals surface area (Å²) in [5.41, 5.74) is 5.77. The van der Waals surface area contributed by atoms with Crippen molar-refractivity contribution in [1.82, 2.24) is 4.90 Å². The molecule has 106 valence electrons. The molecule has 1 saturated heterocycles. The number of nitrogens with two attached hydrogens (primary N) is 1. The Hall–Kier alpha value is -0.280. The van der Waals surface area contributed by atoms with Crippen LogP contribution in [0.4, 0.5) is 0 Å². The van der Waals surface area contributed by atoms with Crippen molar-refractivity contribution in [3.8, 4) is 0 Å². The molecule has 3 atom stereocenters. The van der Waals surface area contributed by atoms with Crippen LogP contribution in [0.15, 0.2) is 0 Å². The summed E-state index contributed by atoms with van der Waals surface area (Å²) < 4.78 is 0. The van der Waals surface area contributed by atoms with E-state index in [9.17, 15) is 4.79 Å². The first-order chi connectivity index (χ1) is 8.26. The largest absolute Gasteiger partial charge is 0.342 e. The predicted molar refractivity (Wildman–Crippen MR) is 76.7 cm³/mol. The van der Waals surface area contributed by atoms with E-state index in [0.29, 0.717) is 18.4 Å². The molecule has 0 spiro atoms. The molecule has 0 aromatic rings. The average Bonchev–Trinajstić information content (AvgIpc) is 2.86. The number of amides is 1. The summed E-state index contributed by atoms with van der Waals surface area (Å²) in [6, 6.07) is 0. The van der Waals surface area contributed by atoms with Gasteiger partial charge in [0.15, 0.2) is 0 Å². The number of nitrogens with zero attached hydrogens (tertiary/aromatic N) is 1. The van der Waals surface area contributed by atoms with Crippen LogP contribution in [0.5, 0.6) is 0 Å². The summed E-state index contributed by atoms with van der Waals surface area (Å²) in [7, 11) is 0. The van der Waals surface area contributed by atoms with Crippen LogP contribution < -0.4 is 5.73 Å². The van der Waals surface area contributed by atoms with Crippen molar-refractivity contribution in [2.24, 2.45) is 23.5 Å². The van der Waals surface area contributed by atoms with Gasteiger partial charge in [0.1, 0.15) is 0 Å². The molecule has 1 heterocycles. The van der Waals surface area contributed by atoms with Crippen LogP contribution in [0, 0.1) is 17.8 Å². The van der Waals surface area contributed by atoms with Crippen molar-refractivity contribution in [3.05, 3.63) is 0 Å². The second kappa shape index (κ2) is 7.34. The zero-order valence-electron chi connectivity index (χ0n) is 11.4. The van der Waals surface area contributed by atoms with E-state index in [1.165, 1.54) is 25.7 Å². The summed E-state index contributed by atoms with van der Waals surface area (Å²) in [5.74, 6) is 1.81. The van der Waals surface area contributed by atoms with Crippen molar-refractivity contribution in [2.45, 2.75) is 45.4 Å².